The van der Waals surface area contributed by atoms with Crippen molar-refractivity contribution in [3.05, 3.63) is 47.3 Å². The fraction of sp³-hybridized carbons (Fsp3) is 0.692. The van der Waals surface area contributed by atoms with Crippen LogP contribution in [0.3, 0.4) is 0 Å². The minimum atomic E-state index is -0.966. The summed E-state index contributed by atoms with van der Waals surface area (Å²) in [4.78, 5) is 2.76. The molecule has 34 heavy (non-hydrogen) atoms. The lowest BCUT2D eigenvalue weighted by molar-refractivity contribution is -0.00891. The van der Waals surface area contributed by atoms with Gasteiger partial charge >= 0.3 is 0 Å². The predicted molar refractivity (Wildman–Crippen MR) is 128 cm³/mol. The number of rotatable bonds is 4. The molecule has 6 unspecified atom stereocenters. The molecule has 0 radical (unpaired) electrons. The van der Waals surface area contributed by atoms with Gasteiger partial charge in [0.05, 0.1) is 11.4 Å². The summed E-state index contributed by atoms with van der Waals surface area (Å²) in [5, 5.41) is 15.6. The second-order valence-electron chi connectivity index (χ2n) is 10.7. The summed E-state index contributed by atoms with van der Waals surface area (Å²) in [6.45, 7) is 5.27. The lowest BCUT2D eigenvalue weighted by Crippen LogP contribution is -2.55. The molecule has 2 N–H and O–H groups in total. The molecule has 0 amide bonds. The largest absolute Gasteiger partial charge is 0.381 e. The average Bonchev–Trinajstić information content (AvgIpc) is 3.37. The number of hydrogen-bond acceptors (Lipinski definition) is 6. The first-order valence-corrected chi connectivity index (χ1v) is 13.0. The number of nitrogens with one attached hydrogen (secondary N) is 2. The summed E-state index contributed by atoms with van der Waals surface area (Å²) < 4.78 is 23.2. The van der Waals surface area contributed by atoms with Crippen molar-refractivity contribution in [1.82, 2.24) is 30.5 Å². The molecule has 4 fully saturated rings. The van der Waals surface area contributed by atoms with Crippen molar-refractivity contribution in [2.45, 2.75) is 69.0 Å². The molecule has 5 heterocycles. The molecule has 6 rings (SSSR count). The molecule has 2 aromatic rings. The van der Waals surface area contributed by atoms with Gasteiger partial charge in [0.1, 0.15) is 0 Å². The second-order valence-corrected chi connectivity index (χ2v) is 10.7. The standard InChI is InChI=1S/C26H37FN6O/c1-16-24(32(2)31-30-16)19-14-21-23(29-15-19)22-20(8-11-28-26(22)27)33(21)25(17-6-4-3-5-7-17)18-9-12-34-13-10-18/h3-7,18-23,25-26,28-29H,8-15H2,1-2H3/t19?,20?,21?,22?,23?,25-,26?/m1/s1. The molecule has 7 atom stereocenters. The number of benzene rings is 1. The average molecular weight is 469 g/mol. The highest BCUT2D eigenvalue weighted by atomic mass is 19.1. The number of piperidine rings is 2. The minimum Gasteiger partial charge on any atom is -0.381 e. The highest BCUT2D eigenvalue weighted by molar-refractivity contribution is 5.25. The minimum absolute atomic E-state index is 0.0310. The number of alkyl halides is 1. The smallest absolute Gasteiger partial charge is 0.157 e. The maximum Gasteiger partial charge on any atom is 0.157 e. The van der Waals surface area contributed by atoms with E-state index in [1.807, 2.05) is 11.7 Å². The highest BCUT2D eigenvalue weighted by Crippen LogP contribution is 2.50. The number of halogens is 1. The molecule has 184 valence electrons. The number of likely N-dealkylation sites (tertiary alicyclic amines) is 1. The van der Waals surface area contributed by atoms with Crippen LogP contribution >= 0.6 is 0 Å². The Bertz CT molecular complexity index is 959. The first-order valence-electron chi connectivity index (χ1n) is 13.0. The third-order valence-corrected chi connectivity index (χ3v) is 8.89. The van der Waals surface area contributed by atoms with E-state index in [1.165, 1.54) is 11.3 Å². The van der Waals surface area contributed by atoms with Crippen molar-refractivity contribution in [2.75, 3.05) is 26.3 Å². The summed E-state index contributed by atoms with van der Waals surface area (Å²) in [5.41, 5.74) is 3.57. The molecule has 7 nitrogen and oxygen atoms in total. The van der Waals surface area contributed by atoms with E-state index in [0.717, 1.165) is 57.7 Å². The van der Waals surface area contributed by atoms with Crippen LogP contribution < -0.4 is 10.6 Å². The van der Waals surface area contributed by atoms with Crippen molar-refractivity contribution < 1.29 is 9.13 Å². The normalized spacial score (nSPS) is 35.6. The zero-order valence-corrected chi connectivity index (χ0v) is 20.2. The molecule has 0 saturated carbocycles. The van der Waals surface area contributed by atoms with Crippen LogP contribution in [0.1, 0.15) is 54.6 Å². The van der Waals surface area contributed by atoms with Crippen LogP contribution in [0.2, 0.25) is 0 Å². The Morgan fingerprint density at radius 2 is 1.88 bits per heavy atom. The van der Waals surface area contributed by atoms with Crippen LogP contribution in [-0.4, -0.2) is 70.6 Å². The Hall–Kier alpha value is -1.87. The van der Waals surface area contributed by atoms with Gasteiger partial charge in [-0.15, -0.1) is 5.10 Å². The molecule has 4 saturated heterocycles. The van der Waals surface area contributed by atoms with Crippen molar-refractivity contribution in [1.29, 1.82) is 0 Å². The van der Waals surface area contributed by atoms with Gasteiger partial charge in [0.2, 0.25) is 0 Å². The van der Waals surface area contributed by atoms with Crippen molar-refractivity contribution in [3.63, 3.8) is 0 Å². The summed E-state index contributed by atoms with van der Waals surface area (Å²) in [7, 11) is 1.99. The maximum atomic E-state index is 15.5. The molecule has 4 aliphatic rings. The fourth-order valence-corrected chi connectivity index (χ4v) is 7.56. The van der Waals surface area contributed by atoms with E-state index in [1.54, 1.807) is 0 Å². The Labute approximate surface area is 201 Å². The third kappa shape index (κ3) is 3.79. The summed E-state index contributed by atoms with van der Waals surface area (Å²) in [6.07, 6.45) is 3.15. The molecule has 4 aliphatic heterocycles. The zero-order chi connectivity index (χ0) is 23.2. The van der Waals surface area contributed by atoms with E-state index in [-0.39, 0.29) is 30.1 Å². The van der Waals surface area contributed by atoms with Gasteiger partial charge in [-0.2, -0.15) is 0 Å². The summed E-state index contributed by atoms with van der Waals surface area (Å²) >= 11 is 0. The lowest BCUT2D eigenvalue weighted by Gasteiger charge is -2.46. The number of ether oxygens (including phenoxy) is 1. The zero-order valence-electron chi connectivity index (χ0n) is 20.2. The molecule has 1 aromatic carbocycles. The molecular weight excluding hydrogens is 431 g/mol. The van der Waals surface area contributed by atoms with E-state index >= 15 is 4.39 Å². The lowest BCUT2D eigenvalue weighted by atomic mass is 9.81. The highest BCUT2D eigenvalue weighted by Gasteiger charge is 2.57. The van der Waals surface area contributed by atoms with Crippen molar-refractivity contribution in [3.8, 4) is 0 Å². The van der Waals surface area contributed by atoms with Gasteiger partial charge in [0.15, 0.2) is 6.30 Å². The summed E-state index contributed by atoms with van der Waals surface area (Å²) in [5.74, 6) is 0.807. The molecular formula is C26H37FN6O. The van der Waals surface area contributed by atoms with Crippen LogP contribution in [0.4, 0.5) is 4.39 Å². The Morgan fingerprint density at radius 1 is 1.09 bits per heavy atom. The summed E-state index contributed by atoms with van der Waals surface area (Å²) in [6, 6.07) is 11.9. The molecule has 8 heteroatoms. The third-order valence-electron chi connectivity index (χ3n) is 8.89. The number of nitrogens with zero attached hydrogens (tertiary/aromatic N) is 4. The van der Waals surface area contributed by atoms with E-state index in [0.29, 0.717) is 11.8 Å². The number of hydrogen-bond donors (Lipinski definition) is 2. The monoisotopic (exact) mass is 468 g/mol. The second kappa shape index (κ2) is 9.30. The molecule has 0 aliphatic carbocycles. The van der Waals surface area contributed by atoms with Crippen LogP contribution in [0.25, 0.3) is 0 Å². The van der Waals surface area contributed by atoms with Crippen molar-refractivity contribution in [2.24, 2.45) is 18.9 Å². The van der Waals surface area contributed by atoms with Gasteiger partial charge in [-0.3, -0.25) is 14.9 Å². The van der Waals surface area contributed by atoms with E-state index in [4.69, 9.17) is 4.74 Å². The van der Waals surface area contributed by atoms with Gasteiger partial charge in [-0.05, 0) is 50.6 Å². The van der Waals surface area contributed by atoms with Crippen LogP contribution in [-0.2, 0) is 11.8 Å². The van der Waals surface area contributed by atoms with Crippen LogP contribution in [0.15, 0.2) is 30.3 Å². The van der Waals surface area contributed by atoms with Crippen molar-refractivity contribution >= 4 is 0 Å². The predicted octanol–water partition coefficient (Wildman–Crippen LogP) is 2.69. The first-order chi connectivity index (χ1) is 16.6. The van der Waals surface area contributed by atoms with Gasteiger partial charge in [-0.25, -0.2) is 4.39 Å². The maximum absolute atomic E-state index is 15.5. The van der Waals surface area contributed by atoms with Gasteiger partial charge in [-0.1, -0.05) is 35.5 Å². The topological polar surface area (TPSA) is 67.2 Å². The Kier molecular flexibility index (Phi) is 6.18. The van der Waals surface area contributed by atoms with Gasteiger partial charge in [0, 0.05) is 62.8 Å². The Balaban J connectivity index is 1.41. The van der Waals surface area contributed by atoms with Crippen LogP contribution in [0, 0.1) is 18.8 Å². The van der Waals surface area contributed by atoms with Gasteiger partial charge < -0.3 is 10.1 Å². The number of aromatic nitrogens is 3. The van der Waals surface area contributed by atoms with E-state index < -0.39 is 6.30 Å². The van der Waals surface area contributed by atoms with E-state index in [2.05, 4.69) is 63.1 Å². The quantitative estimate of drug-likeness (QED) is 0.673. The van der Waals surface area contributed by atoms with Gasteiger partial charge in [0.25, 0.3) is 0 Å². The van der Waals surface area contributed by atoms with Crippen LogP contribution in [0.5, 0.6) is 0 Å². The molecule has 1 aromatic heterocycles. The fourth-order valence-electron chi connectivity index (χ4n) is 7.56. The first kappa shape index (κ1) is 22.6. The Morgan fingerprint density at radius 3 is 2.62 bits per heavy atom. The number of aryl methyl sites for hydroxylation is 2. The molecule has 0 bridgehead atoms. The number of fused-ring (bicyclic) bond motifs is 3. The molecule has 0 spiro atoms. The SMILES string of the molecule is Cc1nnn(C)c1C1CNC2C3C(F)NCCC3N([C@H](c3ccccc3)C3CCOCC3)C2C1. The van der Waals surface area contributed by atoms with E-state index in [9.17, 15) is 0 Å².